The summed E-state index contributed by atoms with van der Waals surface area (Å²) < 4.78 is 13.3. The molecule has 1 aromatic carbocycles. The Labute approximate surface area is 110 Å². The predicted octanol–water partition coefficient (Wildman–Crippen LogP) is 4.49. The van der Waals surface area contributed by atoms with Gasteiger partial charge in [0.15, 0.2) is 0 Å². The van der Waals surface area contributed by atoms with Crippen LogP contribution < -0.4 is 11.1 Å². The van der Waals surface area contributed by atoms with Gasteiger partial charge in [0.05, 0.1) is 11.4 Å². The number of hydrogen-bond donors (Lipinski definition) is 2. The summed E-state index contributed by atoms with van der Waals surface area (Å²) in [6, 6.07) is 3.54. The van der Waals surface area contributed by atoms with Gasteiger partial charge in [0.2, 0.25) is 0 Å². The summed E-state index contributed by atoms with van der Waals surface area (Å²) in [5, 5.41) is 3.36. The van der Waals surface area contributed by atoms with Crippen LogP contribution in [0, 0.1) is 12.7 Å². The fourth-order valence-corrected chi connectivity index (χ4v) is 2.04. The summed E-state index contributed by atoms with van der Waals surface area (Å²) in [5.74, 6) is -0.242. The molecule has 0 bridgehead atoms. The first-order chi connectivity index (χ1) is 8.54. The molecule has 0 aliphatic rings. The molecule has 1 rings (SSSR count). The Morgan fingerprint density at radius 3 is 2.67 bits per heavy atom. The lowest BCUT2D eigenvalue weighted by Gasteiger charge is -2.17. The van der Waals surface area contributed by atoms with Crippen LogP contribution in [0.4, 0.5) is 15.8 Å². The number of rotatable bonds is 7. The molecule has 0 spiro atoms. The van der Waals surface area contributed by atoms with Crippen LogP contribution in [0.3, 0.4) is 0 Å². The van der Waals surface area contributed by atoms with Gasteiger partial charge in [-0.3, -0.25) is 0 Å². The largest absolute Gasteiger partial charge is 0.397 e. The molecule has 18 heavy (non-hydrogen) atoms. The Hall–Kier alpha value is -1.25. The molecule has 1 unspecified atom stereocenters. The molecular weight excluding hydrogens is 227 g/mol. The number of benzene rings is 1. The number of anilines is 2. The van der Waals surface area contributed by atoms with Crippen molar-refractivity contribution in [2.45, 2.75) is 58.9 Å². The van der Waals surface area contributed by atoms with Gasteiger partial charge in [-0.05, 0) is 38.0 Å². The van der Waals surface area contributed by atoms with E-state index in [-0.39, 0.29) is 5.82 Å². The average Bonchev–Trinajstić information content (AvgIpc) is 2.32. The molecule has 0 heterocycles. The van der Waals surface area contributed by atoms with Gasteiger partial charge < -0.3 is 11.1 Å². The fraction of sp³-hybridized carbons (Fsp3) is 0.600. The normalized spacial score (nSPS) is 12.4. The van der Waals surface area contributed by atoms with Crippen molar-refractivity contribution in [3.05, 3.63) is 23.5 Å². The molecule has 0 amide bonds. The molecule has 0 fully saturated rings. The number of nitrogens with one attached hydrogen (secondary N) is 1. The smallest absolute Gasteiger partial charge is 0.128 e. The number of unbranched alkanes of at least 4 members (excludes halogenated alkanes) is 3. The SMILES string of the molecule is CCCCCCC(C)Nc1cc(C)c(F)cc1N. The van der Waals surface area contributed by atoms with E-state index >= 15 is 0 Å². The topological polar surface area (TPSA) is 38.0 Å². The standard InChI is InChI=1S/C15H25FN2/c1-4-5-6-7-8-12(3)18-15-9-11(2)13(16)10-14(15)17/h9-10,12,18H,4-8,17H2,1-3H3. The molecule has 3 heteroatoms. The summed E-state index contributed by atoms with van der Waals surface area (Å²) in [5.41, 5.74) is 7.77. The molecule has 102 valence electrons. The third-order valence-corrected chi connectivity index (χ3v) is 3.22. The van der Waals surface area contributed by atoms with Crippen LogP contribution in [0.2, 0.25) is 0 Å². The van der Waals surface area contributed by atoms with Gasteiger partial charge in [-0.1, -0.05) is 32.6 Å². The second-order valence-corrected chi connectivity index (χ2v) is 5.08. The third-order valence-electron chi connectivity index (χ3n) is 3.22. The van der Waals surface area contributed by atoms with E-state index in [1.807, 2.05) is 0 Å². The average molecular weight is 252 g/mol. The number of nitrogen functional groups attached to an aromatic ring is 1. The highest BCUT2D eigenvalue weighted by Crippen LogP contribution is 2.24. The minimum absolute atomic E-state index is 0.242. The van der Waals surface area contributed by atoms with Crippen molar-refractivity contribution < 1.29 is 4.39 Å². The molecule has 0 aromatic heterocycles. The Morgan fingerprint density at radius 1 is 1.28 bits per heavy atom. The Morgan fingerprint density at radius 2 is 2.00 bits per heavy atom. The molecule has 1 aromatic rings. The first-order valence-corrected chi connectivity index (χ1v) is 6.86. The van der Waals surface area contributed by atoms with Crippen molar-refractivity contribution in [1.29, 1.82) is 0 Å². The zero-order valence-corrected chi connectivity index (χ0v) is 11.7. The van der Waals surface area contributed by atoms with Crippen LogP contribution >= 0.6 is 0 Å². The number of aryl methyl sites for hydroxylation is 1. The van der Waals surface area contributed by atoms with Crippen LogP contribution in [0.15, 0.2) is 12.1 Å². The van der Waals surface area contributed by atoms with Gasteiger partial charge in [-0.25, -0.2) is 4.39 Å². The lowest BCUT2D eigenvalue weighted by molar-refractivity contribution is 0.593. The van der Waals surface area contributed by atoms with Crippen LogP contribution in [-0.4, -0.2) is 6.04 Å². The highest BCUT2D eigenvalue weighted by molar-refractivity contribution is 5.67. The highest BCUT2D eigenvalue weighted by atomic mass is 19.1. The van der Waals surface area contributed by atoms with Crippen LogP contribution in [0.25, 0.3) is 0 Å². The van der Waals surface area contributed by atoms with Crippen LogP contribution in [0.5, 0.6) is 0 Å². The monoisotopic (exact) mass is 252 g/mol. The molecule has 3 N–H and O–H groups in total. The predicted molar refractivity (Wildman–Crippen MR) is 77.4 cm³/mol. The van der Waals surface area contributed by atoms with Crippen LogP contribution in [0.1, 0.15) is 51.5 Å². The summed E-state index contributed by atoms with van der Waals surface area (Å²) in [6.07, 6.45) is 6.18. The minimum Gasteiger partial charge on any atom is -0.397 e. The summed E-state index contributed by atoms with van der Waals surface area (Å²) >= 11 is 0. The van der Waals surface area contributed by atoms with Crippen LogP contribution in [-0.2, 0) is 0 Å². The molecule has 1 atom stereocenters. The number of halogens is 1. The van der Waals surface area contributed by atoms with E-state index in [0.29, 0.717) is 17.3 Å². The van der Waals surface area contributed by atoms with E-state index < -0.39 is 0 Å². The van der Waals surface area contributed by atoms with E-state index in [9.17, 15) is 4.39 Å². The summed E-state index contributed by atoms with van der Waals surface area (Å²) in [7, 11) is 0. The lowest BCUT2D eigenvalue weighted by Crippen LogP contribution is -2.16. The molecule has 0 aliphatic heterocycles. The van der Waals surface area contributed by atoms with Crippen molar-refractivity contribution in [2.75, 3.05) is 11.1 Å². The fourth-order valence-electron chi connectivity index (χ4n) is 2.04. The second-order valence-electron chi connectivity index (χ2n) is 5.08. The lowest BCUT2D eigenvalue weighted by atomic mass is 10.1. The second kappa shape index (κ2) is 7.24. The quantitative estimate of drug-likeness (QED) is 0.554. The molecule has 0 aliphatic carbocycles. The van der Waals surface area contributed by atoms with Crippen molar-refractivity contribution >= 4 is 11.4 Å². The number of hydrogen-bond acceptors (Lipinski definition) is 2. The van der Waals surface area contributed by atoms with E-state index in [4.69, 9.17) is 5.73 Å². The van der Waals surface area contributed by atoms with E-state index in [1.165, 1.54) is 31.7 Å². The molecule has 2 nitrogen and oxygen atoms in total. The number of nitrogens with two attached hydrogens (primary N) is 1. The Kier molecular flexibility index (Phi) is 5.96. The molecule has 0 saturated heterocycles. The van der Waals surface area contributed by atoms with Gasteiger partial charge in [0, 0.05) is 6.04 Å². The van der Waals surface area contributed by atoms with Gasteiger partial charge in [-0.2, -0.15) is 0 Å². The van der Waals surface area contributed by atoms with Gasteiger partial charge in [0.25, 0.3) is 0 Å². The Bertz CT molecular complexity index is 377. The van der Waals surface area contributed by atoms with Gasteiger partial charge >= 0.3 is 0 Å². The maximum Gasteiger partial charge on any atom is 0.128 e. The molecule has 0 radical (unpaired) electrons. The summed E-state index contributed by atoms with van der Waals surface area (Å²) in [4.78, 5) is 0. The van der Waals surface area contributed by atoms with Crippen molar-refractivity contribution in [2.24, 2.45) is 0 Å². The van der Waals surface area contributed by atoms with Gasteiger partial charge in [0.1, 0.15) is 5.82 Å². The van der Waals surface area contributed by atoms with E-state index in [1.54, 1.807) is 13.0 Å². The zero-order chi connectivity index (χ0) is 13.5. The van der Waals surface area contributed by atoms with Crippen molar-refractivity contribution in [3.63, 3.8) is 0 Å². The van der Waals surface area contributed by atoms with E-state index in [0.717, 1.165) is 12.1 Å². The molecule has 0 saturated carbocycles. The Balaban J connectivity index is 2.48. The third kappa shape index (κ3) is 4.55. The minimum atomic E-state index is -0.242. The summed E-state index contributed by atoms with van der Waals surface area (Å²) in [6.45, 7) is 6.11. The van der Waals surface area contributed by atoms with Crippen molar-refractivity contribution in [3.8, 4) is 0 Å². The van der Waals surface area contributed by atoms with Gasteiger partial charge in [-0.15, -0.1) is 0 Å². The highest BCUT2D eigenvalue weighted by Gasteiger charge is 2.07. The van der Waals surface area contributed by atoms with E-state index in [2.05, 4.69) is 19.2 Å². The maximum atomic E-state index is 13.3. The first-order valence-electron chi connectivity index (χ1n) is 6.86. The molecular formula is C15H25FN2. The maximum absolute atomic E-state index is 13.3. The first kappa shape index (κ1) is 14.8. The zero-order valence-electron chi connectivity index (χ0n) is 11.7. The van der Waals surface area contributed by atoms with Crippen molar-refractivity contribution in [1.82, 2.24) is 0 Å².